The highest BCUT2D eigenvalue weighted by Crippen LogP contribution is 2.08. The zero-order chi connectivity index (χ0) is 17.4. The maximum Gasteiger partial charge on any atom is 0.251 e. The van der Waals surface area contributed by atoms with E-state index in [-0.39, 0.29) is 30.5 Å². The lowest BCUT2D eigenvalue weighted by molar-refractivity contribution is -0.116. The van der Waals surface area contributed by atoms with Crippen LogP contribution in [-0.4, -0.2) is 24.9 Å². The Morgan fingerprint density at radius 3 is 2.46 bits per heavy atom. The van der Waals surface area contributed by atoms with Gasteiger partial charge in [-0.15, -0.1) is 0 Å². The van der Waals surface area contributed by atoms with Crippen molar-refractivity contribution in [2.45, 2.75) is 6.92 Å². The Morgan fingerprint density at radius 2 is 1.75 bits per heavy atom. The molecule has 2 rings (SSSR count). The molecule has 4 nitrogen and oxygen atoms in total. The predicted octanol–water partition coefficient (Wildman–Crippen LogP) is 2.69. The first kappa shape index (κ1) is 17.4. The number of hydrogen-bond acceptors (Lipinski definition) is 2. The van der Waals surface area contributed by atoms with Gasteiger partial charge < -0.3 is 10.6 Å². The molecule has 24 heavy (non-hydrogen) atoms. The molecule has 0 radical (unpaired) electrons. The number of halogens is 1. The highest BCUT2D eigenvalue weighted by molar-refractivity contribution is 5.94. The van der Waals surface area contributed by atoms with Gasteiger partial charge in [0, 0.05) is 24.7 Å². The van der Waals surface area contributed by atoms with Crippen LogP contribution in [0.3, 0.4) is 0 Å². The lowest BCUT2D eigenvalue weighted by Crippen LogP contribution is -2.34. The zero-order valence-corrected chi connectivity index (χ0v) is 13.4. The summed E-state index contributed by atoms with van der Waals surface area (Å²) in [6.45, 7) is 2.19. The van der Waals surface area contributed by atoms with E-state index in [0.29, 0.717) is 5.56 Å². The Labute approximate surface area is 140 Å². The van der Waals surface area contributed by atoms with Crippen molar-refractivity contribution < 1.29 is 14.0 Å². The number of nitrogens with one attached hydrogen (secondary N) is 2. The summed E-state index contributed by atoms with van der Waals surface area (Å²) >= 11 is 0. The molecule has 0 aromatic heterocycles. The van der Waals surface area contributed by atoms with Gasteiger partial charge in [0.25, 0.3) is 5.91 Å². The van der Waals surface area contributed by atoms with Gasteiger partial charge in [0.1, 0.15) is 5.82 Å². The maximum atomic E-state index is 13.4. The van der Waals surface area contributed by atoms with Crippen LogP contribution in [0.5, 0.6) is 0 Å². The molecule has 0 saturated heterocycles. The van der Waals surface area contributed by atoms with Crippen molar-refractivity contribution in [1.29, 1.82) is 0 Å². The predicted molar refractivity (Wildman–Crippen MR) is 92.0 cm³/mol. The monoisotopic (exact) mass is 326 g/mol. The van der Waals surface area contributed by atoms with Crippen molar-refractivity contribution in [2.24, 2.45) is 0 Å². The lowest BCUT2D eigenvalue weighted by Gasteiger charge is -2.06. The minimum Gasteiger partial charge on any atom is -0.351 e. The van der Waals surface area contributed by atoms with Crippen molar-refractivity contribution in [2.75, 3.05) is 13.1 Å². The van der Waals surface area contributed by atoms with Crippen molar-refractivity contribution in [3.8, 4) is 0 Å². The summed E-state index contributed by atoms with van der Waals surface area (Å²) in [6.07, 6.45) is 3.15. The molecule has 0 heterocycles. The second-order valence-electron chi connectivity index (χ2n) is 5.25. The fraction of sp³-hybridized carbons (Fsp3) is 0.158. The first-order valence-corrected chi connectivity index (χ1v) is 7.61. The third-order valence-electron chi connectivity index (χ3n) is 3.37. The van der Waals surface area contributed by atoms with Gasteiger partial charge >= 0.3 is 0 Å². The normalized spacial score (nSPS) is 10.6. The molecule has 0 aliphatic heterocycles. The van der Waals surface area contributed by atoms with E-state index < -0.39 is 5.82 Å². The number of benzene rings is 2. The Morgan fingerprint density at radius 1 is 1.04 bits per heavy atom. The number of amides is 2. The van der Waals surface area contributed by atoms with Crippen LogP contribution in [0.1, 0.15) is 21.5 Å². The van der Waals surface area contributed by atoms with E-state index in [0.717, 1.165) is 5.56 Å². The molecule has 0 spiro atoms. The van der Waals surface area contributed by atoms with Gasteiger partial charge in [-0.25, -0.2) is 4.39 Å². The number of rotatable bonds is 6. The fourth-order valence-electron chi connectivity index (χ4n) is 1.99. The van der Waals surface area contributed by atoms with E-state index >= 15 is 0 Å². The second-order valence-corrected chi connectivity index (χ2v) is 5.25. The topological polar surface area (TPSA) is 58.2 Å². The highest BCUT2D eigenvalue weighted by Gasteiger charge is 2.07. The van der Waals surface area contributed by atoms with Gasteiger partial charge in [0.2, 0.25) is 5.91 Å². The van der Waals surface area contributed by atoms with E-state index in [1.807, 2.05) is 30.3 Å². The zero-order valence-electron chi connectivity index (χ0n) is 13.4. The molecule has 0 aliphatic carbocycles. The Bertz CT molecular complexity index is 742. The fourth-order valence-corrected chi connectivity index (χ4v) is 1.99. The Balaban J connectivity index is 1.72. The number of hydrogen-bond donors (Lipinski definition) is 2. The van der Waals surface area contributed by atoms with Crippen LogP contribution < -0.4 is 10.6 Å². The Hall–Kier alpha value is -2.95. The van der Waals surface area contributed by atoms with Gasteiger partial charge in [-0.1, -0.05) is 36.4 Å². The van der Waals surface area contributed by atoms with Gasteiger partial charge in [-0.05, 0) is 36.3 Å². The van der Waals surface area contributed by atoms with Crippen LogP contribution >= 0.6 is 0 Å². The molecule has 0 bridgehead atoms. The molecule has 2 aromatic carbocycles. The molecule has 0 atom stereocenters. The second kappa shape index (κ2) is 8.62. The SMILES string of the molecule is Cc1ccc(C(=O)NCCNC(=O)/C=C/c2ccccc2)cc1F. The highest BCUT2D eigenvalue weighted by atomic mass is 19.1. The van der Waals surface area contributed by atoms with E-state index in [4.69, 9.17) is 0 Å². The Kier molecular flexibility index (Phi) is 6.25. The average molecular weight is 326 g/mol. The van der Waals surface area contributed by atoms with E-state index in [9.17, 15) is 14.0 Å². The van der Waals surface area contributed by atoms with Crippen LogP contribution in [0.4, 0.5) is 4.39 Å². The first-order valence-electron chi connectivity index (χ1n) is 7.61. The summed E-state index contributed by atoms with van der Waals surface area (Å²) in [7, 11) is 0. The van der Waals surface area contributed by atoms with Crippen molar-refractivity contribution in [1.82, 2.24) is 10.6 Å². The van der Waals surface area contributed by atoms with Crippen LogP contribution in [0, 0.1) is 12.7 Å². The standard InChI is InChI=1S/C19H19FN2O2/c1-14-7-9-16(13-17(14)20)19(24)22-12-11-21-18(23)10-8-15-5-3-2-4-6-15/h2-10,13H,11-12H2,1H3,(H,21,23)(H,22,24)/b10-8+. The van der Waals surface area contributed by atoms with Crippen molar-refractivity contribution in [3.05, 3.63) is 77.1 Å². The van der Waals surface area contributed by atoms with Crippen LogP contribution in [0.2, 0.25) is 0 Å². The van der Waals surface area contributed by atoms with Crippen LogP contribution in [0.25, 0.3) is 6.08 Å². The molecule has 0 saturated carbocycles. The summed E-state index contributed by atoms with van der Waals surface area (Å²) in [6, 6.07) is 13.8. The minimum atomic E-state index is -0.415. The van der Waals surface area contributed by atoms with Crippen molar-refractivity contribution in [3.63, 3.8) is 0 Å². The maximum absolute atomic E-state index is 13.4. The summed E-state index contributed by atoms with van der Waals surface area (Å²) in [4.78, 5) is 23.5. The summed E-state index contributed by atoms with van der Waals surface area (Å²) in [5.41, 5.74) is 1.68. The van der Waals surface area contributed by atoms with E-state index in [2.05, 4.69) is 10.6 Å². The van der Waals surface area contributed by atoms with Crippen LogP contribution in [0.15, 0.2) is 54.6 Å². The van der Waals surface area contributed by atoms with Gasteiger partial charge in [-0.2, -0.15) is 0 Å². The average Bonchev–Trinajstić information content (AvgIpc) is 2.60. The molecule has 0 aliphatic rings. The van der Waals surface area contributed by atoms with Gasteiger partial charge in [0.05, 0.1) is 0 Å². The lowest BCUT2D eigenvalue weighted by atomic mass is 10.1. The molecule has 5 heteroatoms. The molecule has 124 valence electrons. The third-order valence-corrected chi connectivity index (χ3v) is 3.37. The van der Waals surface area contributed by atoms with E-state index in [1.165, 1.54) is 12.1 Å². The van der Waals surface area contributed by atoms with Crippen LogP contribution in [-0.2, 0) is 4.79 Å². The summed E-state index contributed by atoms with van der Waals surface area (Å²) < 4.78 is 13.4. The van der Waals surface area contributed by atoms with Gasteiger partial charge in [-0.3, -0.25) is 9.59 Å². The minimum absolute atomic E-state index is 0.241. The number of carbonyl (C=O) groups excluding carboxylic acids is 2. The van der Waals surface area contributed by atoms with E-state index in [1.54, 1.807) is 25.1 Å². The van der Waals surface area contributed by atoms with Gasteiger partial charge in [0.15, 0.2) is 0 Å². The first-order chi connectivity index (χ1) is 11.6. The molecular weight excluding hydrogens is 307 g/mol. The number of aryl methyl sites for hydroxylation is 1. The third kappa shape index (κ3) is 5.35. The molecule has 2 amide bonds. The quantitative estimate of drug-likeness (QED) is 0.633. The van der Waals surface area contributed by atoms with Crippen molar-refractivity contribution >= 4 is 17.9 Å². The summed E-state index contributed by atoms with van der Waals surface area (Å²) in [5.74, 6) is -1.03. The molecule has 0 fully saturated rings. The smallest absolute Gasteiger partial charge is 0.251 e. The summed E-state index contributed by atoms with van der Waals surface area (Å²) in [5, 5.41) is 5.30. The number of carbonyl (C=O) groups is 2. The largest absolute Gasteiger partial charge is 0.351 e. The molecular formula is C19H19FN2O2. The molecule has 2 N–H and O–H groups in total. The molecule has 0 unspecified atom stereocenters. The molecule has 2 aromatic rings.